The van der Waals surface area contributed by atoms with Crippen LogP contribution in [0.1, 0.15) is 22.5 Å². The Labute approximate surface area is 144 Å². The fraction of sp³-hybridized carbons (Fsp3) is 0.235. The predicted octanol–water partition coefficient (Wildman–Crippen LogP) is 3.08. The van der Waals surface area contributed by atoms with E-state index >= 15 is 0 Å². The Hall–Kier alpha value is -2.47. The zero-order valence-corrected chi connectivity index (χ0v) is 13.8. The van der Waals surface area contributed by atoms with Crippen molar-refractivity contribution in [1.29, 1.82) is 0 Å². The van der Waals surface area contributed by atoms with Crippen LogP contribution in [0.5, 0.6) is 0 Å². The monoisotopic (exact) mass is 350 g/mol. The van der Waals surface area contributed by atoms with E-state index in [0.717, 1.165) is 0 Å². The highest BCUT2D eigenvalue weighted by Crippen LogP contribution is 2.21. The molecule has 1 aromatic carbocycles. The summed E-state index contributed by atoms with van der Waals surface area (Å²) in [6.45, 7) is 0.189. The molecule has 7 heteroatoms. The molecule has 0 spiro atoms. The number of amides is 1. The zero-order valence-electron chi connectivity index (χ0n) is 13.0. The van der Waals surface area contributed by atoms with Crippen molar-refractivity contribution in [3.05, 3.63) is 64.7 Å². The van der Waals surface area contributed by atoms with Crippen molar-refractivity contribution in [3.8, 4) is 0 Å². The quantitative estimate of drug-likeness (QED) is 0.751. The number of hydrogen-bond acceptors (Lipinski definition) is 4. The lowest BCUT2D eigenvalue weighted by atomic mass is 10.1. The van der Waals surface area contributed by atoms with E-state index in [9.17, 15) is 14.0 Å². The lowest BCUT2D eigenvalue weighted by Crippen LogP contribution is -2.33. The Morgan fingerprint density at radius 3 is 2.67 bits per heavy atom. The Bertz CT molecular complexity index is 705. The molecule has 1 heterocycles. The zero-order chi connectivity index (χ0) is 17.5. The van der Waals surface area contributed by atoms with E-state index < -0.39 is 17.7 Å². The molecule has 1 amide bonds. The van der Waals surface area contributed by atoms with Gasteiger partial charge in [0.15, 0.2) is 0 Å². The molecule has 2 aromatic rings. The number of carbonyl (C=O) groups is 2. The van der Waals surface area contributed by atoms with Crippen molar-refractivity contribution >= 4 is 23.5 Å². The summed E-state index contributed by atoms with van der Waals surface area (Å²) in [6, 6.07) is 9.29. The molecule has 0 radical (unpaired) electrons. The number of benzene rings is 1. The number of nitrogens with zero attached hydrogens (tertiary/aromatic N) is 2. The third-order valence-electron chi connectivity index (χ3n) is 3.36. The number of ether oxygens (including phenoxy) is 1. The van der Waals surface area contributed by atoms with Crippen molar-refractivity contribution in [1.82, 2.24) is 9.88 Å². The minimum absolute atomic E-state index is 0.0128. The Morgan fingerprint density at radius 1 is 1.25 bits per heavy atom. The first-order chi connectivity index (χ1) is 11.5. The van der Waals surface area contributed by atoms with Gasteiger partial charge < -0.3 is 9.64 Å². The van der Waals surface area contributed by atoms with Gasteiger partial charge in [0.2, 0.25) is 0 Å². The molecule has 0 aliphatic heterocycles. The SMILES string of the molecule is COC(=O)CCN(Cc1ccccn1)C(=O)c1c(F)cccc1Cl. The molecule has 0 fully saturated rings. The van der Waals surface area contributed by atoms with Crippen molar-refractivity contribution < 1.29 is 18.7 Å². The maximum atomic E-state index is 14.0. The lowest BCUT2D eigenvalue weighted by molar-refractivity contribution is -0.140. The van der Waals surface area contributed by atoms with Crippen molar-refractivity contribution in [2.45, 2.75) is 13.0 Å². The van der Waals surface area contributed by atoms with Gasteiger partial charge in [0, 0.05) is 12.7 Å². The number of methoxy groups -OCH3 is 1. The highest BCUT2D eigenvalue weighted by molar-refractivity contribution is 6.33. The summed E-state index contributed by atoms with van der Waals surface area (Å²) in [6.07, 6.45) is 1.58. The van der Waals surface area contributed by atoms with Crippen LogP contribution >= 0.6 is 11.6 Å². The maximum absolute atomic E-state index is 14.0. The molecule has 0 unspecified atom stereocenters. The smallest absolute Gasteiger partial charge is 0.307 e. The minimum atomic E-state index is -0.711. The van der Waals surface area contributed by atoms with Gasteiger partial charge >= 0.3 is 5.97 Å². The number of esters is 1. The molecule has 0 bridgehead atoms. The summed E-state index contributed by atoms with van der Waals surface area (Å²) in [4.78, 5) is 29.6. The van der Waals surface area contributed by atoms with Crippen molar-refractivity contribution in [2.75, 3.05) is 13.7 Å². The Kier molecular flexibility index (Phi) is 6.26. The maximum Gasteiger partial charge on any atom is 0.307 e. The molecule has 5 nitrogen and oxygen atoms in total. The topological polar surface area (TPSA) is 59.5 Å². The number of carbonyl (C=O) groups excluding carboxylic acids is 2. The van der Waals surface area contributed by atoms with Crippen LogP contribution in [0.3, 0.4) is 0 Å². The summed E-state index contributed by atoms with van der Waals surface area (Å²) in [7, 11) is 1.26. The van der Waals surface area contributed by atoms with Crippen molar-refractivity contribution in [2.24, 2.45) is 0 Å². The first-order valence-electron chi connectivity index (χ1n) is 7.23. The largest absolute Gasteiger partial charge is 0.469 e. The molecule has 0 aliphatic carbocycles. The van der Waals surface area contributed by atoms with Gasteiger partial charge in [-0.1, -0.05) is 23.7 Å². The average Bonchev–Trinajstić information content (AvgIpc) is 2.58. The second-order valence-corrected chi connectivity index (χ2v) is 5.38. The number of hydrogen-bond donors (Lipinski definition) is 0. The third-order valence-corrected chi connectivity index (χ3v) is 3.67. The first kappa shape index (κ1) is 17.9. The summed E-state index contributed by atoms with van der Waals surface area (Å²) in [5, 5.41) is 0.0177. The lowest BCUT2D eigenvalue weighted by Gasteiger charge is -2.22. The molecule has 24 heavy (non-hydrogen) atoms. The Morgan fingerprint density at radius 2 is 2.04 bits per heavy atom. The van der Waals surface area contributed by atoms with E-state index in [1.54, 1.807) is 24.4 Å². The van der Waals surface area contributed by atoms with Gasteiger partial charge in [-0.05, 0) is 24.3 Å². The molecule has 0 atom stereocenters. The molecule has 0 saturated heterocycles. The summed E-state index contributed by atoms with van der Waals surface area (Å²) in [5.41, 5.74) is 0.392. The van der Waals surface area contributed by atoms with Crippen LogP contribution in [0.4, 0.5) is 4.39 Å². The number of rotatable bonds is 6. The molecule has 0 N–H and O–H groups in total. The van der Waals surface area contributed by atoms with E-state index in [-0.39, 0.29) is 30.1 Å². The Balaban J connectivity index is 2.26. The highest BCUT2D eigenvalue weighted by atomic mass is 35.5. The van der Waals surface area contributed by atoms with Crippen LogP contribution < -0.4 is 0 Å². The van der Waals surface area contributed by atoms with Gasteiger partial charge in [-0.15, -0.1) is 0 Å². The van der Waals surface area contributed by atoms with Crippen LogP contribution in [0.15, 0.2) is 42.6 Å². The van der Waals surface area contributed by atoms with Crippen LogP contribution in [-0.4, -0.2) is 35.4 Å². The molecule has 126 valence electrons. The number of pyridine rings is 1. The van der Waals surface area contributed by atoms with E-state index in [4.69, 9.17) is 11.6 Å². The van der Waals surface area contributed by atoms with Gasteiger partial charge in [0.25, 0.3) is 5.91 Å². The predicted molar refractivity (Wildman–Crippen MR) is 87.0 cm³/mol. The summed E-state index contributed by atoms with van der Waals surface area (Å²) >= 11 is 5.97. The minimum Gasteiger partial charge on any atom is -0.469 e. The van der Waals surface area contributed by atoms with Gasteiger partial charge in [0.05, 0.1) is 36.4 Å². The average molecular weight is 351 g/mol. The summed E-state index contributed by atoms with van der Waals surface area (Å²) < 4.78 is 18.6. The highest BCUT2D eigenvalue weighted by Gasteiger charge is 2.23. The fourth-order valence-corrected chi connectivity index (χ4v) is 2.37. The number of halogens is 2. The van der Waals surface area contributed by atoms with Gasteiger partial charge in [-0.25, -0.2) is 4.39 Å². The molecular formula is C17H16ClFN2O3. The normalized spacial score (nSPS) is 10.3. The fourth-order valence-electron chi connectivity index (χ4n) is 2.13. The molecular weight excluding hydrogens is 335 g/mol. The summed E-state index contributed by atoms with van der Waals surface area (Å²) in [5.74, 6) is -1.78. The third kappa shape index (κ3) is 4.52. The van der Waals surface area contributed by atoms with Crippen LogP contribution in [0.2, 0.25) is 5.02 Å². The van der Waals surface area contributed by atoms with Gasteiger partial charge in [-0.2, -0.15) is 0 Å². The second kappa shape index (κ2) is 8.40. The van der Waals surface area contributed by atoms with E-state index in [2.05, 4.69) is 9.72 Å². The first-order valence-corrected chi connectivity index (χ1v) is 7.60. The molecule has 1 aromatic heterocycles. The standard InChI is InChI=1S/C17H16ClFN2O3/c1-24-15(22)8-10-21(11-12-5-2-3-9-20-12)17(23)16-13(18)6-4-7-14(16)19/h2-7,9H,8,10-11H2,1H3. The molecule has 0 aliphatic rings. The van der Waals surface area contributed by atoms with Gasteiger partial charge in [0.1, 0.15) is 5.82 Å². The van der Waals surface area contributed by atoms with E-state index in [0.29, 0.717) is 5.69 Å². The van der Waals surface area contributed by atoms with Crippen LogP contribution in [0, 0.1) is 5.82 Å². The van der Waals surface area contributed by atoms with E-state index in [1.165, 1.54) is 30.2 Å². The molecule has 2 rings (SSSR count). The second-order valence-electron chi connectivity index (χ2n) is 4.97. The van der Waals surface area contributed by atoms with Crippen molar-refractivity contribution in [3.63, 3.8) is 0 Å². The van der Waals surface area contributed by atoms with Crippen LogP contribution in [0.25, 0.3) is 0 Å². The van der Waals surface area contributed by atoms with Crippen LogP contribution in [-0.2, 0) is 16.1 Å². The van der Waals surface area contributed by atoms with E-state index in [1.807, 2.05) is 0 Å². The molecule has 0 saturated carbocycles. The van der Waals surface area contributed by atoms with Gasteiger partial charge in [-0.3, -0.25) is 14.6 Å². The number of aromatic nitrogens is 1.